The van der Waals surface area contributed by atoms with Crippen LogP contribution >= 0.6 is 11.8 Å². The third-order valence-corrected chi connectivity index (χ3v) is 4.97. The van der Waals surface area contributed by atoms with E-state index in [1.807, 2.05) is 49.4 Å². The predicted molar refractivity (Wildman–Crippen MR) is 97.6 cm³/mol. The zero-order chi connectivity index (χ0) is 17.8. The van der Waals surface area contributed by atoms with Gasteiger partial charge >= 0.3 is 0 Å². The summed E-state index contributed by atoms with van der Waals surface area (Å²) in [6.07, 6.45) is 0. The van der Waals surface area contributed by atoms with Gasteiger partial charge in [0.2, 0.25) is 5.91 Å². The van der Waals surface area contributed by atoms with Gasteiger partial charge in [-0.05, 0) is 35.4 Å². The van der Waals surface area contributed by atoms with Crippen molar-refractivity contribution in [3.8, 4) is 0 Å². The average molecular weight is 357 g/mol. The topological polar surface area (TPSA) is 29.1 Å². The Balaban J connectivity index is 1.66. The van der Waals surface area contributed by atoms with Crippen LogP contribution in [0.1, 0.15) is 18.5 Å². The molecule has 0 bridgehead atoms. The first-order valence-electron chi connectivity index (χ1n) is 7.89. The van der Waals surface area contributed by atoms with E-state index in [1.165, 1.54) is 12.1 Å². The Bertz CT molecular complexity index is 908. The lowest BCUT2D eigenvalue weighted by molar-refractivity contribution is -0.119. The molecule has 25 heavy (non-hydrogen) atoms. The molecule has 3 aromatic rings. The predicted octanol–water partition coefficient (Wildman–Crippen LogP) is 5.09. The molecular formula is C20H17F2NOS. The van der Waals surface area contributed by atoms with Crippen LogP contribution in [0.15, 0.2) is 65.6 Å². The SMILES string of the molecule is C[C@@H](NC(=O)CSc1ccc(F)cc1F)c1cccc2ccccc12. The Morgan fingerprint density at radius 1 is 1.08 bits per heavy atom. The number of carbonyl (C=O) groups is 1. The Morgan fingerprint density at radius 2 is 1.84 bits per heavy atom. The molecule has 1 N–H and O–H groups in total. The Kier molecular flexibility index (Phi) is 5.34. The first-order chi connectivity index (χ1) is 12.0. The molecule has 1 atom stereocenters. The first kappa shape index (κ1) is 17.4. The van der Waals surface area contributed by atoms with E-state index in [4.69, 9.17) is 0 Å². The highest BCUT2D eigenvalue weighted by atomic mass is 32.2. The molecule has 3 aromatic carbocycles. The van der Waals surface area contributed by atoms with E-state index in [2.05, 4.69) is 5.32 Å². The van der Waals surface area contributed by atoms with Crippen LogP contribution in [-0.2, 0) is 4.79 Å². The van der Waals surface area contributed by atoms with Crippen molar-refractivity contribution in [2.45, 2.75) is 17.9 Å². The molecule has 0 heterocycles. The lowest BCUT2D eigenvalue weighted by atomic mass is 10.00. The summed E-state index contributed by atoms with van der Waals surface area (Å²) >= 11 is 1.05. The zero-order valence-electron chi connectivity index (χ0n) is 13.6. The highest BCUT2D eigenvalue weighted by Gasteiger charge is 2.13. The Morgan fingerprint density at radius 3 is 2.64 bits per heavy atom. The van der Waals surface area contributed by atoms with Crippen LogP contribution in [0, 0.1) is 11.6 Å². The second-order valence-corrected chi connectivity index (χ2v) is 6.74. The van der Waals surface area contributed by atoms with Crippen LogP contribution in [0.4, 0.5) is 8.78 Å². The lowest BCUT2D eigenvalue weighted by Crippen LogP contribution is -2.28. The maximum Gasteiger partial charge on any atom is 0.230 e. The van der Waals surface area contributed by atoms with Crippen molar-refractivity contribution in [3.63, 3.8) is 0 Å². The largest absolute Gasteiger partial charge is 0.349 e. The third kappa shape index (κ3) is 4.17. The van der Waals surface area contributed by atoms with Crippen molar-refractivity contribution in [1.29, 1.82) is 0 Å². The summed E-state index contributed by atoms with van der Waals surface area (Å²) in [5.41, 5.74) is 1.03. The first-order valence-corrected chi connectivity index (χ1v) is 8.88. The number of carbonyl (C=O) groups excluding carboxylic acids is 1. The van der Waals surface area contributed by atoms with Gasteiger partial charge in [-0.1, -0.05) is 42.5 Å². The van der Waals surface area contributed by atoms with Crippen LogP contribution in [0.5, 0.6) is 0 Å². The molecule has 0 aromatic heterocycles. The number of nitrogens with one attached hydrogen (secondary N) is 1. The van der Waals surface area contributed by atoms with E-state index in [0.29, 0.717) is 0 Å². The molecule has 0 spiro atoms. The number of thioether (sulfide) groups is 1. The fourth-order valence-electron chi connectivity index (χ4n) is 2.72. The summed E-state index contributed by atoms with van der Waals surface area (Å²) in [5.74, 6) is -1.41. The molecule has 0 aliphatic rings. The fraction of sp³-hybridized carbons (Fsp3) is 0.150. The molecule has 0 aliphatic carbocycles. The summed E-state index contributed by atoms with van der Waals surface area (Å²) < 4.78 is 26.5. The molecule has 0 fully saturated rings. The molecule has 0 saturated carbocycles. The summed E-state index contributed by atoms with van der Waals surface area (Å²) in [5, 5.41) is 5.14. The minimum absolute atomic E-state index is 0.0671. The zero-order valence-corrected chi connectivity index (χ0v) is 14.4. The Hall–Kier alpha value is -2.40. The second-order valence-electron chi connectivity index (χ2n) is 5.72. The molecule has 0 saturated heterocycles. The van der Waals surface area contributed by atoms with E-state index in [0.717, 1.165) is 34.2 Å². The van der Waals surface area contributed by atoms with Crippen LogP contribution in [0.2, 0.25) is 0 Å². The van der Waals surface area contributed by atoms with Crippen molar-refractivity contribution < 1.29 is 13.6 Å². The summed E-state index contributed by atoms with van der Waals surface area (Å²) in [6.45, 7) is 1.92. The number of hydrogen-bond donors (Lipinski definition) is 1. The summed E-state index contributed by atoms with van der Waals surface area (Å²) in [4.78, 5) is 12.4. The lowest BCUT2D eigenvalue weighted by Gasteiger charge is -2.16. The van der Waals surface area contributed by atoms with Gasteiger partial charge in [-0.3, -0.25) is 4.79 Å². The molecule has 0 aliphatic heterocycles. The van der Waals surface area contributed by atoms with Crippen LogP contribution in [0.3, 0.4) is 0 Å². The molecule has 2 nitrogen and oxygen atoms in total. The van der Waals surface area contributed by atoms with Gasteiger partial charge in [0.1, 0.15) is 11.6 Å². The molecule has 0 unspecified atom stereocenters. The number of halogens is 2. The average Bonchev–Trinajstić information content (AvgIpc) is 2.60. The normalized spacial score (nSPS) is 12.1. The number of fused-ring (bicyclic) bond motifs is 1. The van der Waals surface area contributed by atoms with Gasteiger partial charge in [0.25, 0.3) is 0 Å². The second kappa shape index (κ2) is 7.66. The maximum absolute atomic E-state index is 13.6. The summed E-state index contributed by atoms with van der Waals surface area (Å²) in [7, 11) is 0. The van der Waals surface area contributed by atoms with E-state index >= 15 is 0 Å². The minimum atomic E-state index is -0.653. The highest BCUT2D eigenvalue weighted by Crippen LogP contribution is 2.25. The number of amides is 1. The van der Waals surface area contributed by atoms with Crippen LogP contribution in [-0.4, -0.2) is 11.7 Å². The molecule has 3 rings (SSSR count). The fourth-order valence-corrected chi connectivity index (χ4v) is 3.46. The highest BCUT2D eigenvalue weighted by molar-refractivity contribution is 8.00. The van der Waals surface area contributed by atoms with Gasteiger partial charge in [0.05, 0.1) is 11.8 Å². The minimum Gasteiger partial charge on any atom is -0.349 e. The van der Waals surface area contributed by atoms with Gasteiger partial charge in [-0.25, -0.2) is 8.78 Å². The summed E-state index contributed by atoms with van der Waals surface area (Å²) in [6, 6.07) is 17.1. The van der Waals surface area contributed by atoms with Crippen LogP contribution < -0.4 is 5.32 Å². The van der Waals surface area contributed by atoms with Gasteiger partial charge < -0.3 is 5.32 Å². The van der Waals surface area contributed by atoms with E-state index in [9.17, 15) is 13.6 Å². The molecule has 1 amide bonds. The molecule has 0 radical (unpaired) electrons. The molecule has 5 heteroatoms. The number of rotatable bonds is 5. The van der Waals surface area contributed by atoms with Crippen molar-refractivity contribution in [2.75, 3.05) is 5.75 Å². The van der Waals surface area contributed by atoms with Gasteiger partial charge in [0.15, 0.2) is 0 Å². The number of hydrogen-bond acceptors (Lipinski definition) is 2. The Labute approximate surface area is 149 Å². The quantitative estimate of drug-likeness (QED) is 0.645. The molecular weight excluding hydrogens is 340 g/mol. The van der Waals surface area contributed by atoms with Crippen molar-refractivity contribution in [3.05, 3.63) is 77.9 Å². The third-order valence-electron chi connectivity index (χ3n) is 3.92. The van der Waals surface area contributed by atoms with Crippen molar-refractivity contribution in [2.24, 2.45) is 0 Å². The van der Waals surface area contributed by atoms with E-state index in [1.54, 1.807) is 0 Å². The van der Waals surface area contributed by atoms with Crippen molar-refractivity contribution >= 4 is 28.4 Å². The van der Waals surface area contributed by atoms with Crippen molar-refractivity contribution in [1.82, 2.24) is 5.32 Å². The van der Waals surface area contributed by atoms with E-state index in [-0.39, 0.29) is 22.6 Å². The monoisotopic (exact) mass is 357 g/mol. The maximum atomic E-state index is 13.6. The van der Waals surface area contributed by atoms with Gasteiger partial charge in [-0.2, -0.15) is 0 Å². The number of benzene rings is 3. The molecule has 128 valence electrons. The van der Waals surface area contributed by atoms with Crippen LogP contribution in [0.25, 0.3) is 10.8 Å². The smallest absolute Gasteiger partial charge is 0.230 e. The van der Waals surface area contributed by atoms with E-state index < -0.39 is 11.6 Å². The standard InChI is InChI=1S/C20H17F2NOS/c1-13(16-8-4-6-14-5-2-3-7-17(14)16)23-20(24)12-25-19-10-9-15(21)11-18(19)22/h2-11,13H,12H2,1H3,(H,23,24)/t13-/m1/s1. The van der Waals surface area contributed by atoms with Gasteiger partial charge in [0, 0.05) is 11.0 Å². The van der Waals surface area contributed by atoms with Gasteiger partial charge in [-0.15, -0.1) is 11.8 Å².